The molecule has 0 saturated carbocycles. The lowest BCUT2D eigenvalue weighted by molar-refractivity contribution is 0.0592. The number of piperidine rings is 1. The summed E-state index contributed by atoms with van der Waals surface area (Å²) >= 11 is 0. The van der Waals surface area contributed by atoms with Gasteiger partial charge in [-0.1, -0.05) is 0 Å². The first-order valence-corrected chi connectivity index (χ1v) is 6.80. The molecule has 116 valence electrons. The fraction of sp³-hybridized carbons (Fsp3) is 0.571. The fourth-order valence-electron chi connectivity index (χ4n) is 3.31. The van der Waals surface area contributed by atoms with Gasteiger partial charge in [0.05, 0.1) is 0 Å². The van der Waals surface area contributed by atoms with Gasteiger partial charge >= 0.3 is 0 Å². The lowest BCUT2D eigenvalue weighted by Crippen LogP contribution is -2.44. The van der Waals surface area contributed by atoms with Gasteiger partial charge in [-0.25, -0.2) is 13.2 Å². The summed E-state index contributed by atoms with van der Waals surface area (Å²) in [5.74, 6) is -11.1. The average molecular weight is 307 g/mol. The van der Waals surface area contributed by atoms with Gasteiger partial charge in [-0.15, -0.1) is 0 Å². The number of benzene rings is 1. The van der Waals surface area contributed by atoms with Crippen LogP contribution in [0.25, 0.3) is 0 Å². The normalized spacial score (nSPS) is 29.0. The van der Waals surface area contributed by atoms with E-state index in [0.29, 0.717) is 12.8 Å². The lowest BCUT2D eigenvalue weighted by Gasteiger charge is -2.36. The van der Waals surface area contributed by atoms with Crippen LogP contribution < -0.4 is 4.74 Å². The molecule has 0 amide bonds. The second kappa shape index (κ2) is 5.12. The highest BCUT2D eigenvalue weighted by Gasteiger charge is 2.40. The molecule has 2 saturated heterocycles. The van der Waals surface area contributed by atoms with Gasteiger partial charge in [-0.2, -0.15) is 8.78 Å². The van der Waals surface area contributed by atoms with Gasteiger partial charge in [0.25, 0.3) is 0 Å². The Labute approximate surface area is 118 Å². The van der Waals surface area contributed by atoms with Crippen molar-refractivity contribution in [3.05, 3.63) is 29.1 Å². The van der Waals surface area contributed by atoms with Crippen molar-refractivity contribution in [1.82, 2.24) is 4.90 Å². The zero-order valence-corrected chi connectivity index (χ0v) is 11.3. The first-order chi connectivity index (χ1) is 9.90. The summed E-state index contributed by atoms with van der Waals surface area (Å²) < 4.78 is 71.6. The number of halogens is 5. The molecule has 3 rings (SSSR count). The van der Waals surface area contributed by atoms with E-state index in [1.807, 2.05) is 7.05 Å². The van der Waals surface area contributed by atoms with Crippen LogP contribution in [0.4, 0.5) is 22.0 Å². The Balaban J connectivity index is 1.86. The van der Waals surface area contributed by atoms with E-state index in [1.54, 1.807) is 0 Å². The highest BCUT2D eigenvalue weighted by atomic mass is 19.2. The van der Waals surface area contributed by atoms with E-state index in [9.17, 15) is 22.0 Å². The van der Waals surface area contributed by atoms with Crippen LogP contribution in [-0.4, -0.2) is 30.1 Å². The molecular formula is C14H14F5NO. The maximum atomic E-state index is 13.6. The number of rotatable bonds is 2. The summed E-state index contributed by atoms with van der Waals surface area (Å²) in [4.78, 5) is 2.18. The quantitative estimate of drug-likeness (QED) is 0.472. The molecule has 2 aliphatic heterocycles. The minimum atomic E-state index is -2.17. The van der Waals surface area contributed by atoms with Crippen molar-refractivity contribution in [2.75, 3.05) is 7.05 Å². The topological polar surface area (TPSA) is 12.5 Å². The molecule has 0 unspecified atom stereocenters. The molecule has 2 fully saturated rings. The van der Waals surface area contributed by atoms with Crippen LogP contribution in [-0.2, 0) is 0 Å². The van der Waals surface area contributed by atoms with Crippen LogP contribution >= 0.6 is 0 Å². The number of ether oxygens (including phenoxy) is 1. The summed E-state index contributed by atoms with van der Waals surface area (Å²) in [5.41, 5.74) is 0. The van der Waals surface area contributed by atoms with Gasteiger partial charge in [-0.3, -0.25) is 0 Å². The molecule has 2 aliphatic rings. The maximum Gasteiger partial charge on any atom is 0.207 e. The number of fused-ring (bicyclic) bond motifs is 2. The SMILES string of the molecule is CN1[C@@H]2CC[C@H]1C[C@H](Oc1c(F)c(F)c(F)c(F)c1F)C2. The third-order valence-electron chi connectivity index (χ3n) is 4.51. The number of hydrogen-bond acceptors (Lipinski definition) is 2. The smallest absolute Gasteiger partial charge is 0.207 e. The minimum absolute atomic E-state index is 0.231. The maximum absolute atomic E-state index is 13.6. The molecule has 1 aromatic carbocycles. The van der Waals surface area contributed by atoms with Crippen molar-refractivity contribution in [2.45, 2.75) is 43.9 Å². The Bertz CT molecular complexity index is 536. The van der Waals surface area contributed by atoms with E-state index in [-0.39, 0.29) is 12.1 Å². The van der Waals surface area contributed by atoms with Crippen molar-refractivity contribution in [2.24, 2.45) is 0 Å². The zero-order valence-electron chi connectivity index (χ0n) is 11.3. The third kappa shape index (κ3) is 2.27. The van der Waals surface area contributed by atoms with Gasteiger partial charge in [0, 0.05) is 12.1 Å². The molecule has 2 nitrogen and oxygen atoms in total. The van der Waals surface area contributed by atoms with Gasteiger partial charge < -0.3 is 9.64 Å². The Morgan fingerprint density at radius 3 is 1.71 bits per heavy atom. The van der Waals surface area contributed by atoms with Gasteiger partial charge in [0.2, 0.25) is 29.1 Å². The lowest BCUT2D eigenvalue weighted by atomic mass is 10.0. The van der Waals surface area contributed by atoms with Crippen molar-refractivity contribution in [3.63, 3.8) is 0 Å². The number of nitrogens with zero attached hydrogens (tertiary/aromatic N) is 1. The van der Waals surface area contributed by atoms with E-state index in [4.69, 9.17) is 4.74 Å². The molecule has 1 aromatic rings. The minimum Gasteiger partial charge on any atom is -0.484 e. The largest absolute Gasteiger partial charge is 0.484 e. The van der Waals surface area contributed by atoms with Crippen molar-refractivity contribution in [3.8, 4) is 5.75 Å². The van der Waals surface area contributed by atoms with Crippen molar-refractivity contribution in [1.29, 1.82) is 0 Å². The second-order valence-electron chi connectivity index (χ2n) is 5.66. The molecule has 0 N–H and O–H groups in total. The molecule has 3 atom stereocenters. The molecule has 7 heteroatoms. The molecule has 0 radical (unpaired) electrons. The summed E-state index contributed by atoms with van der Waals surface area (Å²) in [5, 5.41) is 0. The predicted octanol–water partition coefficient (Wildman–Crippen LogP) is 3.39. The summed E-state index contributed by atoms with van der Waals surface area (Å²) in [6.07, 6.45) is 2.42. The average Bonchev–Trinajstić information content (AvgIpc) is 2.69. The monoisotopic (exact) mass is 307 g/mol. The van der Waals surface area contributed by atoms with Crippen LogP contribution in [0.5, 0.6) is 5.75 Å². The molecule has 21 heavy (non-hydrogen) atoms. The Hall–Kier alpha value is -1.37. The highest BCUT2D eigenvalue weighted by Crippen LogP contribution is 2.37. The van der Waals surface area contributed by atoms with E-state index < -0.39 is 40.9 Å². The molecule has 0 aliphatic carbocycles. The summed E-state index contributed by atoms with van der Waals surface area (Å²) in [7, 11) is 1.97. The standard InChI is InChI=1S/C14H14F5NO/c1-20-6-2-3-7(20)5-8(4-6)21-14-12(18)10(16)9(15)11(17)13(14)19/h6-8H,2-5H2,1H3/t6-,7+,8-. The van der Waals surface area contributed by atoms with Crippen LogP contribution in [0.2, 0.25) is 0 Å². The predicted molar refractivity (Wildman–Crippen MR) is 64.5 cm³/mol. The van der Waals surface area contributed by atoms with Crippen LogP contribution in [0.1, 0.15) is 25.7 Å². The first kappa shape index (κ1) is 14.6. The Morgan fingerprint density at radius 2 is 1.24 bits per heavy atom. The van der Waals surface area contributed by atoms with E-state index in [1.165, 1.54) is 0 Å². The Morgan fingerprint density at radius 1 is 0.810 bits per heavy atom. The van der Waals surface area contributed by atoms with E-state index in [2.05, 4.69) is 4.90 Å². The second-order valence-corrected chi connectivity index (χ2v) is 5.66. The first-order valence-electron chi connectivity index (χ1n) is 6.80. The molecule has 2 heterocycles. The van der Waals surface area contributed by atoms with Crippen molar-refractivity contribution >= 4 is 0 Å². The van der Waals surface area contributed by atoms with Crippen LogP contribution in [0.3, 0.4) is 0 Å². The van der Waals surface area contributed by atoms with Gasteiger partial charge in [-0.05, 0) is 32.7 Å². The third-order valence-corrected chi connectivity index (χ3v) is 4.51. The van der Waals surface area contributed by atoms with E-state index in [0.717, 1.165) is 12.8 Å². The van der Waals surface area contributed by atoms with Crippen LogP contribution in [0, 0.1) is 29.1 Å². The summed E-state index contributed by atoms with van der Waals surface area (Å²) in [6.45, 7) is 0. The van der Waals surface area contributed by atoms with Gasteiger partial charge in [0.1, 0.15) is 6.10 Å². The van der Waals surface area contributed by atoms with Gasteiger partial charge in [0.15, 0.2) is 5.75 Å². The fourth-order valence-corrected chi connectivity index (χ4v) is 3.31. The molecule has 0 spiro atoms. The molecule has 0 aromatic heterocycles. The molecular weight excluding hydrogens is 293 g/mol. The van der Waals surface area contributed by atoms with Crippen LogP contribution in [0.15, 0.2) is 0 Å². The van der Waals surface area contributed by atoms with E-state index >= 15 is 0 Å². The summed E-state index contributed by atoms with van der Waals surface area (Å²) in [6, 6.07) is 0.463. The Kier molecular flexibility index (Phi) is 3.55. The van der Waals surface area contributed by atoms with Crippen molar-refractivity contribution < 1.29 is 26.7 Å². The zero-order chi connectivity index (χ0) is 15.3. The number of hydrogen-bond donors (Lipinski definition) is 0. The highest BCUT2D eigenvalue weighted by molar-refractivity contribution is 5.30. The molecule has 2 bridgehead atoms.